The topological polar surface area (TPSA) is 174 Å². The fourth-order valence-corrected chi connectivity index (χ4v) is 5.17. The van der Waals surface area contributed by atoms with E-state index in [0.29, 0.717) is 57.9 Å². The van der Waals surface area contributed by atoms with Crippen molar-refractivity contribution in [2.45, 2.75) is 42.0 Å². The van der Waals surface area contributed by atoms with Crippen LogP contribution in [0.5, 0.6) is 0 Å². The van der Waals surface area contributed by atoms with Crippen molar-refractivity contribution >= 4 is 27.5 Å². The molecule has 0 aliphatic rings. The van der Waals surface area contributed by atoms with Crippen molar-refractivity contribution in [1.82, 2.24) is 19.8 Å². The van der Waals surface area contributed by atoms with Gasteiger partial charge in [-0.2, -0.15) is 0 Å². The summed E-state index contributed by atoms with van der Waals surface area (Å²) in [6.45, 7) is 4.82. The van der Waals surface area contributed by atoms with Gasteiger partial charge in [-0.1, -0.05) is 6.07 Å². The molecule has 0 aliphatic carbocycles. The second-order valence-electron chi connectivity index (χ2n) is 8.25. The number of pyridine rings is 2. The molecule has 0 aromatic carbocycles. The number of hydrogen-bond acceptors (Lipinski definition) is 11. The SMILES string of the molecule is NCCCN(CCCN)C(=O)c1ccc(SSc2ccc(C(O)N(CCCN)CCCN)cn2)nc1. The van der Waals surface area contributed by atoms with E-state index in [1.165, 1.54) is 21.6 Å². The molecule has 0 bridgehead atoms. The number of nitrogens with zero attached hydrogens (tertiary/aromatic N) is 4. The Labute approximate surface area is 222 Å². The number of rotatable bonds is 18. The number of nitrogens with two attached hydrogens (primary N) is 4. The third-order valence-corrected chi connectivity index (χ3v) is 7.63. The predicted molar refractivity (Wildman–Crippen MR) is 147 cm³/mol. The van der Waals surface area contributed by atoms with E-state index in [9.17, 15) is 9.90 Å². The highest BCUT2D eigenvalue weighted by Crippen LogP contribution is 2.35. The first-order chi connectivity index (χ1) is 17.5. The molecule has 36 heavy (non-hydrogen) atoms. The first-order valence-corrected chi connectivity index (χ1v) is 14.5. The molecule has 1 amide bonds. The van der Waals surface area contributed by atoms with Gasteiger partial charge in [-0.15, -0.1) is 0 Å². The monoisotopic (exact) mass is 536 g/mol. The van der Waals surface area contributed by atoms with Crippen molar-refractivity contribution in [3.8, 4) is 0 Å². The molecular formula is C24H40N8O2S2. The highest BCUT2D eigenvalue weighted by atomic mass is 33.1. The van der Waals surface area contributed by atoms with Crippen LogP contribution in [-0.4, -0.2) is 83.1 Å². The second kappa shape index (κ2) is 17.6. The Kier molecular flexibility index (Phi) is 14.9. The molecule has 200 valence electrons. The quantitative estimate of drug-likeness (QED) is 0.138. The molecule has 1 atom stereocenters. The van der Waals surface area contributed by atoms with Crippen LogP contribution < -0.4 is 22.9 Å². The third-order valence-electron chi connectivity index (χ3n) is 5.45. The smallest absolute Gasteiger partial charge is 0.255 e. The Hall–Kier alpha value is -1.77. The number of carbonyl (C=O) groups excluding carboxylic acids is 1. The van der Waals surface area contributed by atoms with Crippen LogP contribution in [0.15, 0.2) is 46.7 Å². The standard InChI is InChI=1S/C24H40N8O2S2/c25-9-1-13-31(14-2-10-26)23(33)19-5-7-21(29-17-19)35-36-22-8-6-20(18-30-22)24(34)32(15-3-11-27)16-4-12-28/h5-8,17-18,23,33H,1-4,9-16,25-28H2. The third kappa shape index (κ3) is 10.3. The van der Waals surface area contributed by atoms with Crippen LogP contribution in [0, 0.1) is 0 Å². The molecule has 0 radical (unpaired) electrons. The molecule has 12 heteroatoms. The van der Waals surface area contributed by atoms with Gasteiger partial charge in [0.25, 0.3) is 5.91 Å². The number of hydrogen-bond donors (Lipinski definition) is 5. The van der Waals surface area contributed by atoms with E-state index >= 15 is 0 Å². The van der Waals surface area contributed by atoms with Gasteiger partial charge < -0.3 is 32.9 Å². The lowest BCUT2D eigenvalue weighted by atomic mass is 10.2. The lowest BCUT2D eigenvalue weighted by molar-refractivity contribution is 0.000636. The lowest BCUT2D eigenvalue weighted by Crippen LogP contribution is -2.34. The largest absolute Gasteiger partial charge is 0.374 e. The number of aromatic nitrogens is 2. The van der Waals surface area contributed by atoms with E-state index in [4.69, 9.17) is 22.9 Å². The van der Waals surface area contributed by atoms with Gasteiger partial charge in [0.15, 0.2) is 0 Å². The van der Waals surface area contributed by atoms with E-state index in [2.05, 4.69) is 9.97 Å². The minimum Gasteiger partial charge on any atom is -0.374 e. The van der Waals surface area contributed by atoms with E-state index in [1.807, 2.05) is 23.1 Å². The normalized spacial score (nSPS) is 12.2. The van der Waals surface area contributed by atoms with Gasteiger partial charge >= 0.3 is 0 Å². The summed E-state index contributed by atoms with van der Waals surface area (Å²) >= 11 is 0. The number of aliphatic hydroxyl groups excluding tert-OH is 1. The summed E-state index contributed by atoms with van der Waals surface area (Å²) in [6.07, 6.45) is 5.65. The Morgan fingerprint density at radius 2 is 1.28 bits per heavy atom. The maximum Gasteiger partial charge on any atom is 0.255 e. The Morgan fingerprint density at radius 1 is 0.778 bits per heavy atom. The van der Waals surface area contributed by atoms with Crippen molar-refractivity contribution in [2.75, 3.05) is 52.4 Å². The Bertz CT molecular complexity index is 857. The maximum absolute atomic E-state index is 12.8. The molecule has 0 saturated carbocycles. The summed E-state index contributed by atoms with van der Waals surface area (Å²) in [5.74, 6) is -0.0589. The Morgan fingerprint density at radius 3 is 1.72 bits per heavy atom. The molecule has 2 heterocycles. The van der Waals surface area contributed by atoms with Gasteiger partial charge in [0.2, 0.25) is 0 Å². The van der Waals surface area contributed by atoms with Gasteiger partial charge in [0.1, 0.15) is 16.3 Å². The van der Waals surface area contributed by atoms with Crippen LogP contribution in [-0.2, 0) is 0 Å². The van der Waals surface area contributed by atoms with Crippen molar-refractivity contribution in [3.05, 3.63) is 47.8 Å². The molecule has 0 spiro atoms. The summed E-state index contributed by atoms with van der Waals surface area (Å²) in [5, 5.41) is 12.3. The van der Waals surface area contributed by atoms with Crippen LogP contribution in [0.4, 0.5) is 0 Å². The van der Waals surface area contributed by atoms with Crippen LogP contribution >= 0.6 is 21.6 Å². The van der Waals surface area contributed by atoms with Crippen molar-refractivity contribution in [1.29, 1.82) is 0 Å². The number of amides is 1. The van der Waals surface area contributed by atoms with Gasteiger partial charge in [-0.3, -0.25) is 9.69 Å². The van der Waals surface area contributed by atoms with Gasteiger partial charge in [0.05, 0.1) is 5.56 Å². The van der Waals surface area contributed by atoms with E-state index in [0.717, 1.165) is 41.3 Å². The summed E-state index contributed by atoms with van der Waals surface area (Å²) < 4.78 is 0. The predicted octanol–water partition coefficient (Wildman–Crippen LogP) is 1.41. The number of carbonyl (C=O) groups is 1. The van der Waals surface area contributed by atoms with Crippen molar-refractivity contribution in [2.24, 2.45) is 22.9 Å². The van der Waals surface area contributed by atoms with Crippen LogP contribution in [0.1, 0.15) is 47.8 Å². The van der Waals surface area contributed by atoms with Crippen LogP contribution in [0.3, 0.4) is 0 Å². The highest BCUT2D eigenvalue weighted by Gasteiger charge is 2.18. The first-order valence-electron chi connectivity index (χ1n) is 12.3. The fraction of sp³-hybridized carbons (Fsp3) is 0.542. The molecular weight excluding hydrogens is 496 g/mol. The molecule has 2 aromatic heterocycles. The maximum atomic E-state index is 12.8. The first kappa shape index (κ1) is 30.5. The van der Waals surface area contributed by atoms with E-state index in [-0.39, 0.29) is 5.91 Å². The summed E-state index contributed by atoms with van der Waals surface area (Å²) in [7, 11) is 2.92. The van der Waals surface area contributed by atoms with E-state index < -0.39 is 6.23 Å². The molecule has 0 fully saturated rings. The summed E-state index contributed by atoms with van der Waals surface area (Å²) in [4.78, 5) is 25.5. The fourth-order valence-electron chi connectivity index (χ4n) is 3.45. The molecule has 10 nitrogen and oxygen atoms in total. The van der Waals surface area contributed by atoms with E-state index in [1.54, 1.807) is 23.4 Å². The van der Waals surface area contributed by atoms with Crippen LogP contribution in [0.25, 0.3) is 0 Å². The molecule has 1 unspecified atom stereocenters. The number of aliphatic hydroxyl groups is 1. The van der Waals surface area contributed by atoms with Gasteiger partial charge in [-0.05, 0) is 91.6 Å². The van der Waals surface area contributed by atoms with Crippen molar-refractivity contribution < 1.29 is 9.90 Å². The van der Waals surface area contributed by atoms with Crippen LogP contribution in [0.2, 0.25) is 0 Å². The van der Waals surface area contributed by atoms with Crippen molar-refractivity contribution in [3.63, 3.8) is 0 Å². The minimum absolute atomic E-state index is 0.0589. The zero-order valence-corrected chi connectivity index (χ0v) is 22.4. The zero-order chi connectivity index (χ0) is 26.2. The molecule has 0 aliphatic heterocycles. The lowest BCUT2D eigenvalue weighted by Gasteiger charge is -2.27. The molecule has 2 aromatic rings. The minimum atomic E-state index is -0.747. The molecule has 9 N–H and O–H groups in total. The summed E-state index contributed by atoms with van der Waals surface area (Å²) in [5.41, 5.74) is 23.8. The average molecular weight is 537 g/mol. The highest BCUT2D eigenvalue weighted by molar-refractivity contribution is 8.76. The Balaban J connectivity index is 1.93. The molecule has 2 rings (SSSR count). The average Bonchev–Trinajstić information content (AvgIpc) is 2.92. The molecule has 0 saturated heterocycles. The van der Waals surface area contributed by atoms with Gasteiger partial charge in [0, 0.05) is 44.1 Å². The zero-order valence-electron chi connectivity index (χ0n) is 20.8. The van der Waals surface area contributed by atoms with Gasteiger partial charge in [-0.25, -0.2) is 9.97 Å². The summed E-state index contributed by atoms with van der Waals surface area (Å²) in [6, 6.07) is 7.38. The second-order valence-corrected chi connectivity index (χ2v) is 10.4.